The van der Waals surface area contributed by atoms with Crippen molar-refractivity contribution in [3.8, 4) is 0 Å². The van der Waals surface area contributed by atoms with Gasteiger partial charge in [0.05, 0.1) is 0 Å². The summed E-state index contributed by atoms with van der Waals surface area (Å²) in [6.07, 6.45) is 0.575. The number of hydrogen-bond acceptors (Lipinski definition) is 2. The first-order valence-corrected chi connectivity index (χ1v) is 7.00. The maximum atomic E-state index is 12.4. The predicted octanol–water partition coefficient (Wildman–Crippen LogP) is 3.34. The molecule has 0 bridgehead atoms. The molecule has 0 unspecified atom stereocenters. The Bertz CT molecular complexity index is 403. The second-order valence-corrected chi connectivity index (χ2v) is 5.68. The normalized spacial score (nSPS) is 10.8. The van der Waals surface area contributed by atoms with Crippen molar-refractivity contribution >= 4 is 33.4 Å². The Morgan fingerprint density at radius 3 is 2.61 bits per heavy atom. The third kappa shape index (κ3) is 4.26. The monoisotopic (exact) mass is 333 g/mol. The van der Waals surface area contributed by atoms with Crippen molar-refractivity contribution in [1.82, 2.24) is 4.90 Å². The predicted molar refractivity (Wildman–Crippen MR) is 77.0 cm³/mol. The zero-order chi connectivity index (χ0) is 13.7. The molecule has 0 atom stereocenters. The summed E-state index contributed by atoms with van der Waals surface area (Å²) in [6, 6.07) is 5.24. The molecule has 0 heterocycles. The molecule has 0 aliphatic rings. The van der Waals surface area contributed by atoms with E-state index in [1.165, 1.54) is 0 Å². The molecule has 0 fully saturated rings. The SMILES string of the molecule is CC(C)N(CCCO)C(=O)c1cc(Cl)cc(Br)c1. The number of nitrogens with zero attached hydrogens (tertiary/aromatic N) is 1. The van der Waals surface area contributed by atoms with E-state index in [2.05, 4.69) is 15.9 Å². The van der Waals surface area contributed by atoms with Gasteiger partial charge >= 0.3 is 0 Å². The maximum Gasteiger partial charge on any atom is 0.254 e. The van der Waals surface area contributed by atoms with Gasteiger partial charge in [0.15, 0.2) is 0 Å². The second-order valence-electron chi connectivity index (χ2n) is 4.33. The van der Waals surface area contributed by atoms with Crippen LogP contribution in [0.15, 0.2) is 22.7 Å². The molecular weight excluding hydrogens is 318 g/mol. The van der Waals surface area contributed by atoms with Crippen LogP contribution in [-0.4, -0.2) is 35.1 Å². The van der Waals surface area contributed by atoms with Gasteiger partial charge < -0.3 is 10.0 Å². The Morgan fingerprint density at radius 2 is 2.11 bits per heavy atom. The van der Waals surface area contributed by atoms with Crippen LogP contribution in [0.25, 0.3) is 0 Å². The Balaban J connectivity index is 2.94. The van der Waals surface area contributed by atoms with Gasteiger partial charge in [-0.1, -0.05) is 27.5 Å². The third-order valence-corrected chi connectivity index (χ3v) is 3.23. The molecule has 0 spiro atoms. The van der Waals surface area contributed by atoms with Crippen LogP contribution in [0.2, 0.25) is 5.02 Å². The molecule has 0 radical (unpaired) electrons. The van der Waals surface area contributed by atoms with Gasteiger partial charge in [-0.25, -0.2) is 0 Å². The molecular formula is C13H17BrClNO2. The lowest BCUT2D eigenvalue weighted by Gasteiger charge is -2.26. The van der Waals surface area contributed by atoms with Gasteiger partial charge in [0.1, 0.15) is 0 Å². The van der Waals surface area contributed by atoms with E-state index in [-0.39, 0.29) is 18.6 Å². The summed E-state index contributed by atoms with van der Waals surface area (Å²) < 4.78 is 0.782. The van der Waals surface area contributed by atoms with Crippen LogP contribution in [0.5, 0.6) is 0 Å². The van der Waals surface area contributed by atoms with Crippen LogP contribution in [0.4, 0.5) is 0 Å². The van der Waals surface area contributed by atoms with Crippen molar-refractivity contribution in [2.45, 2.75) is 26.3 Å². The molecule has 100 valence electrons. The highest BCUT2D eigenvalue weighted by Gasteiger charge is 2.18. The minimum atomic E-state index is -0.0679. The summed E-state index contributed by atoms with van der Waals surface area (Å²) in [5.41, 5.74) is 0.556. The van der Waals surface area contributed by atoms with E-state index in [0.717, 1.165) is 4.47 Å². The van der Waals surface area contributed by atoms with E-state index >= 15 is 0 Å². The summed E-state index contributed by atoms with van der Waals surface area (Å²) in [7, 11) is 0. The smallest absolute Gasteiger partial charge is 0.254 e. The maximum absolute atomic E-state index is 12.4. The van der Waals surface area contributed by atoms with Crippen molar-refractivity contribution < 1.29 is 9.90 Å². The van der Waals surface area contributed by atoms with Crippen LogP contribution < -0.4 is 0 Å². The fraction of sp³-hybridized carbons (Fsp3) is 0.462. The number of rotatable bonds is 5. The highest BCUT2D eigenvalue weighted by Crippen LogP contribution is 2.21. The van der Waals surface area contributed by atoms with Crippen LogP contribution in [-0.2, 0) is 0 Å². The van der Waals surface area contributed by atoms with Crippen molar-refractivity contribution in [1.29, 1.82) is 0 Å². The van der Waals surface area contributed by atoms with Gasteiger partial charge in [0.25, 0.3) is 5.91 Å². The second kappa shape index (κ2) is 7.12. The van der Waals surface area contributed by atoms with Gasteiger partial charge in [0, 0.05) is 34.3 Å². The van der Waals surface area contributed by atoms with E-state index in [1.807, 2.05) is 13.8 Å². The Labute approximate surface area is 121 Å². The molecule has 1 aromatic rings. The summed E-state index contributed by atoms with van der Waals surface area (Å²) in [4.78, 5) is 14.1. The Kier molecular flexibility index (Phi) is 6.12. The van der Waals surface area contributed by atoms with Crippen molar-refractivity contribution in [2.75, 3.05) is 13.2 Å². The highest BCUT2D eigenvalue weighted by molar-refractivity contribution is 9.10. The number of carbonyl (C=O) groups is 1. The molecule has 0 aromatic heterocycles. The molecule has 3 nitrogen and oxygen atoms in total. The van der Waals surface area contributed by atoms with E-state index in [1.54, 1.807) is 23.1 Å². The van der Waals surface area contributed by atoms with Crippen LogP contribution in [0.3, 0.4) is 0 Å². The Morgan fingerprint density at radius 1 is 1.44 bits per heavy atom. The molecule has 0 aliphatic heterocycles. The van der Waals surface area contributed by atoms with E-state index < -0.39 is 0 Å². The minimum Gasteiger partial charge on any atom is -0.396 e. The van der Waals surface area contributed by atoms with Crippen molar-refractivity contribution in [3.05, 3.63) is 33.3 Å². The third-order valence-electron chi connectivity index (χ3n) is 2.55. The molecule has 0 aliphatic carbocycles. The van der Waals surface area contributed by atoms with Crippen LogP contribution in [0.1, 0.15) is 30.6 Å². The number of carbonyl (C=O) groups excluding carboxylic acids is 1. The quantitative estimate of drug-likeness (QED) is 0.897. The van der Waals surface area contributed by atoms with E-state index in [9.17, 15) is 4.79 Å². The summed E-state index contributed by atoms with van der Waals surface area (Å²) in [5, 5.41) is 9.40. The van der Waals surface area contributed by atoms with Gasteiger partial charge in [-0.15, -0.1) is 0 Å². The molecule has 5 heteroatoms. The number of halogens is 2. The number of hydrogen-bond donors (Lipinski definition) is 1. The first-order valence-electron chi connectivity index (χ1n) is 5.83. The molecule has 0 saturated carbocycles. The Hall–Kier alpha value is -0.580. The molecule has 0 saturated heterocycles. The molecule has 1 N–H and O–H groups in total. The zero-order valence-electron chi connectivity index (χ0n) is 10.5. The molecule has 1 rings (SSSR count). The van der Waals surface area contributed by atoms with Crippen molar-refractivity contribution in [2.24, 2.45) is 0 Å². The first kappa shape index (κ1) is 15.5. The summed E-state index contributed by atoms with van der Waals surface area (Å²) in [6.45, 7) is 4.52. The summed E-state index contributed by atoms with van der Waals surface area (Å²) in [5.74, 6) is -0.0679. The lowest BCUT2D eigenvalue weighted by atomic mass is 10.1. The standard InChI is InChI=1S/C13H17BrClNO2/c1-9(2)16(4-3-5-17)13(18)10-6-11(14)8-12(15)7-10/h6-9,17H,3-5H2,1-2H3. The zero-order valence-corrected chi connectivity index (χ0v) is 12.8. The van der Waals surface area contributed by atoms with Gasteiger partial charge in [-0.2, -0.15) is 0 Å². The van der Waals surface area contributed by atoms with E-state index in [0.29, 0.717) is 23.6 Å². The van der Waals surface area contributed by atoms with Gasteiger partial charge in [0.2, 0.25) is 0 Å². The fourth-order valence-corrected chi connectivity index (χ4v) is 2.54. The van der Waals surface area contributed by atoms with Gasteiger partial charge in [-0.3, -0.25) is 4.79 Å². The molecule has 1 amide bonds. The lowest BCUT2D eigenvalue weighted by molar-refractivity contribution is 0.0693. The number of amides is 1. The minimum absolute atomic E-state index is 0.0679. The summed E-state index contributed by atoms with van der Waals surface area (Å²) >= 11 is 9.27. The fourth-order valence-electron chi connectivity index (χ4n) is 1.68. The number of benzene rings is 1. The largest absolute Gasteiger partial charge is 0.396 e. The molecule has 18 heavy (non-hydrogen) atoms. The van der Waals surface area contributed by atoms with E-state index in [4.69, 9.17) is 16.7 Å². The van der Waals surface area contributed by atoms with Crippen LogP contribution >= 0.6 is 27.5 Å². The highest BCUT2D eigenvalue weighted by atomic mass is 79.9. The van der Waals surface area contributed by atoms with Gasteiger partial charge in [-0.05, 0) is 38.5 Å². The number of aliphatic hydroxyl groups excluding tert-OH is 1. The molecule has 1 aromatic carbocycles. The van der Waals surface area contributed by atoms with Crippen molar-refractivity contribution in [3.63, 3.8) is 0 Å². The average molecular weight is 335 g/mol. The average Bonchev–Trinajstić information content (AvgIpc) is 2.27. The number of aliphatic hydroxyl groups is 1. The van der Waals surface area contributed by atoms with Crippen LogP contribution in [0, 0.1) is 0 Å². The topological polar surface area (TPSA) is 40.5 Å². The first-order chi connectivity index (χ1) is 8.45. The lowest BCUT2D eigenvalue weighted by Crippen LogP contribution is -2.38.